The zero-order chi connectivity index (χ0) is 25.9. The van der Waals surface area contributed by atoms with Crippen LogP contribution < -0.4 is 5.32 Å². The number of oxazole rings is 1. The number of hydrogen-bond acceptors (Lipinski definition) is 9. The summed E-state index contributed by atoms with van der Waals surface area (Å²) in [5.74, 6) is -0.890. The van der Waals surface area contributed by atoms with Crippen LogP contribution in [0, 0.1) is 13.8 Å². The van der Waals surface area contributed by atoms with Crippen molar-refractivity contribution in [2.75, 3.05) is 7.11 Å². The number of methoxy groups -OCH3 is 1. The third-order valence-electron chi connectivity index (χ3n) is 5.47. The largest absolute Gasteiger partial charge is 0.467 e. The standard InChI is InChI=1S/C26H22N6O5/c1-15-14-16(2)32(31-15)25-19(28-22(37-25)18-12-8-5-9-13-18)23-29-30-24(36-23)20(26(34)35-3)27-21(33)17-10-6-4-7-11-17/h4-14,20H,1-3H3,(H,27,33)/t20-/m0/s1. The summed E-state index contributed by atoms with van der Waals surface area (Å²) in [7, 11) is 1.20. The molecule has 0 bridgehead atoms. The summed E-state index contributed by atoms with van der Waals surface area (Å²) in [5, 5.41) is 15.2. The number of aromatic nitrogens is 5. The highest BCUT2D eigenvalue weighted by Gasteiger charge is 2.32. The van der Waals surface area contributed by atoms with Gasteiger partial charge in [-0.2, -0.15) is 5.10 Å². The quantitative estimate of drug-likeness (QED) is 0.332. The lowest BCUT2D eigenvalue weighted by Gasteiger charge is -2.12. The average molecular weight is 498 g/mol. The Balaban J connectivity index is 1.55. The molecule has 5 aromatic rings. The highest BCUT2D eigenvalue weighted by Crippen LogP contribution is 2.32. The zero-order valence-corrected chi connectivity index (χ0v) is 20.2. The lowest BCUT2D eigenvalue weighted by molar-refractivity contribution is -0.143. The lowest BCUT2D eigenvalue weighted by atomic mass is 10.2. The predicted molar refractivity (Wildman–Crippen MR) is 130 cm³/mol. The molecule has 1 atom stereocenters. The number of aryl methyl sites for hydroxylation is 2. The van der Waals surface area contributed by atoms with Crippen LogP contribution in [-0.2, 0) is 9.53 Å². The van der Waals surface area contributed by atoms with Crippen LogP contribution in [-0.4, -0.2) is 43.9 Å². The molecule has 0 aliphatic carbocycles. The molecular formula is C26H22N6O5. The summed E-state index contributed by atoms with van der Waals surface area (Å²) in [5.41, 5.74) is 2.89. The number of nitrogens with zero attached hydrogens (tertiary/aromatic N) is 5. The maximum absolute atomic E-state index is 12.7. The first-order valence-electron chi connectivity index (χ1n) is 11.3. The third kappa shape index (κ3) is 4.74. The molecule has 11 heteroatoms. The zero-order valence-electron chi connectivity index (χ0n) is 20.2. The van der Waals surface area contributed by atoms with Crippen molar-refractivity contribution < 1.29 is 23.2 Å². The van der Waals surface area contributed by atoms with Gasteiger partial charge in [-0.05, 0) is 44.2 Å². The number of nitrogens with one attached hydrogen (secondary N) is 1. The Morgan fingerprint density at radius 3 is 2.30 bits per heavy atom. The SMILES string of the molecule is COC(=O)[C@@H](NC(=O)c1ccccc1)c1nnc(-c2nc(-c3ccccc3)oc2-n2nc(C)cc2C)o1. The van der Waals surface area contributed by atoms with Crippen molar-refractivity contribution in [3.8, 4) is 28.9 Å². The molecule has 0 aliphatic heterocycles. The molecule has 1 N–H and O–H groups in total. The third-order valence-corrected chi connectivity index (χ3v) is 5.47. The number of benzene rings is 2. The molecule has 3 aromatic heterocycles. The summed E-state index contributed by atoms with van der Waals surface area (Å²) in [4.78, 5) is 29.9. The molecule has 2 aromatic carbocycles. The van der Waals surface area contributed by atoms with Gasteiger partial charge in [-0.3, -0.25) is 4.79 Å². The van der Waals surface area contributed by atoms with Crippen LogP contribution in [0.3, 0.4) is 0 Å². The van der Waals surface area contributed by atoms with E-state index in [0.29, 0.717) is 11.5 Å². The number of carbonyl (C=O) groups is 2. The van der Waals surface area contributed by atoms with Gasteiger partial charge in [-0.1, -0.05) is 36.4 Å². The highest BCUT2D eigenvalue weighted by atomic mass is 16.5. The Hall–Kier alpha value is -5.06. The van der Waals surface area contributed by atoms with E-state index in [1.54, 1.807) is 35.0 Å². The van der Waals surface area contributed by atoms with Crippen molar-refractivity contribution in [3.63, 3.8) is 0 Å². The second kappa shape index (κ2) is 9.90. The fourth-order valence-corrected chi connectivity index (χ4v) is 3.72. The van der Waals surface area contributed by atoms with Gasteiger partial charge < -0.3 is 18.9 Å². The summed E-state index contributed by atoms with van der Waals surface area (Å²) in [6.07, 6.45) is 0. The molecule has 0 saturated heterocycles. The molecule has 0 spiro atoms. The Morgan fingerprint density at radius 1 is 0.946 bits per heavy atom. The molecule has 0 radical (unpaired) electrons. The highest BCUT2D eigenvalue weighted by molar-refractivity contribution is 5.96. The van der Waals surface area contributed by atoms with E-state index in [-0.39, 0.29) is 23.4 Å². The topological polar surface area (TPSA) is 138 Å². The summed E-state index contributed by atoms with van der Waals surface area (Å²) < 4.78 is 18.4. The fraction of sp³-hybridized carbons (Fsp3) is 0.154. The van der Waals surface area contributed by atoms with Gasteiger partial charge >= 0.3 is 5.97 Å². The summed E-state index contributed by atoms with van der Waals surface area (Å²) >= 11 is 0. The molecule has 1 amide bonds. The second-order valence-electron chi connectivity index (χ2n) is 8.12. The van der Waals surface area contributed by atoms with Gasteiger partial charge in [0.05, 0.1) is 12.8 Å². The minimum absolute atomic E-state index is 0.0219. The normalized spacial score (nSPS) is 11.8. The van der Waals surface area contributed by atoms with E-state index in [4.69, 9.17) is 13.6 Å². The first kappa shape index (κ1) is 23.7. The molecule has 0 aliphatic rings. The number of hydrogen-bond donors (Lipinski definition) is 1. The molecular weight excluding hydrogens is 476 g/mol. The summed E-state index contributed by atoms with van der Waals surface area (Å²) in [6, 6.07) is 18.3. The lowest BCUT2D eigenvalue weighted by Crippen LogP contribution is -2.34. The van der Waals surface area contributed by atoms with Gasteiger partial charge in [0.1, 0.15) is 0 Å². The van der Waals surface area contributed by atoms with Gasteiger partial charge in [0.15, 0.2) is 5.69 Å². The minimum atomic E-state index is -1.34. The van der Waals surface area contributed by atoms with E-state index in [1.807, 2.05) is 50.2 Å². The number of rotatable bonds is 7. The molecule has 0 unspecified atom stereocenters. The van der Waals surface area contributed by atoms with Crippen LogP contribution in [0.25, 0.3) is 28.9 Å². The van der Waals surface area contributed by atoms with E-state index in [9.17, 15) is 9.59 Å². The van der Waals surface area contributed by atoms with Crippen LogP contribution in [0.5, 0.6) is 0 Å². The van der Waals surface area contributed by atoms with Gasteiger partial charge in [-0.15, -0.1) is 10.2 Å². The molecule has 3 heterocycles. The monoisotopic (exact) mass is 498 g/mol. The van der Waals surface area contributed by atoms with Crippen LogP contribution in [0.15, 0.2) is 75.6 Å². The molecule has 0 saturated carbocycles. The van der Waals surface area contributed by atoms with E-state index in [1.165, 1.54) is 7.11 Å². The number of ether oxygens (including phenoxy) is 1. The van der Waals surface area contributed by atoms with E-state index >= 15 is 0 Å². The van der Waals surface area contributed by atoms with Crippen molar-refractivity contribution in [3.05, 3.63) is 89.6 Å². The van der Waals surface area contributed by atoms with E-state index in [2.05, 4.69) is 25.6 Å². The Kier molecular flexibility index (Phi) is 6.33. The van der Waals surface area contributed by atoms with Crippen molar-refractivity contribution >= 4 is 11.9 Å². The fourth-order valence-electron chi connectivity index (χ4n) is 3.72. The van der Waals surface area contributed by atoms with Crippen LogP contribution in [0.1, 0.15) is 33.7 Å². The summed E-state index contributed by atoms with van der Waals surface area (Å²) in [6.45, 7) is 3.74. The van der Waals surface area contributed by atoms with Gasteiger partial charge in [0, 0.05) is 16.8 Å². The van der Waals surface area contributed by atoms with E-state index < -0.39 is 17.9 Å². The number of esters is 1. The average Bonchev–Trinajstić information content (AvgIpc) is 3.65. The van der Waals surface area contributed by atoms with Crippen LogP contribution in [0.2, 0.25) is 0 Å². The first-order chi connectivity index (χ1) is 17.9. The minimum Gasteiger partial charge on any atom is -0.467 e. The molecule has 11 nitrogen and oxygen atoms in total. The molecule has 0 fully saturated rings. The molecule has 37 heavy (non-hydrogen) atoms. The van der Waals surface area contributed by atoms with Gasteiger partial charge in [-0.25, -0.2) is 14.5 Å². The number of amides is 1. The predicted octanol–water partition coefficient (Wildman–Crippen LogP) is 3.84. The van der Waals surface area contributed by atoms with Crippen molar-refractivity contribution in [1.82, 2.24) is 30.3 Å². The van der Waals surface area contributed by atoms with Crippen molar-refractivity contribution in [1.29, 1.82) is 0 Å². The Morgan fingerprint density at radius 2 is 1.65 bits per heavy atom. The van der Waals surface area contributed by atoms with Crippen LogP contribution in [0.4, 0.5) is 0 Å². The number of carbonyl (C=O) groups excluding carboxylic acids is 2. The second-order valence-corrected chi connectivity index (χ2v) is 8.12. The van der Waals surface area contributed by atoms with Crippen LogP contribution >= 0.6 is 0 Å². The maximum Gasteiger partial charge on any atom is 0.338 e. The van der Waals surface area contributed by atoms with Gasteiger partial charge in [0.25, 0.3) is 23.6 Å². The van der Waals surface area contributed by atoms with Crippen molar-refractivity contribution in [2.24, 2.45) is 0 Å². The smallest absolute Gasteiger partial charge is 0.338 e. The van der Waals surface area contributed by atoms with Crippen molar-refractivity contribution in [2.45, 2.75) is 19.9 Å². The Labute approximate surface area is 211 Å². The van der Waals surface area contributed by atoms with Gasteiger partial charge in [0.2, 0.25) is 11.9 Å². The Bertz CT molecular complexity index is 1550. The van der Waals surface area contributed by atoms with E-state index in [0.717, 1.165) is 17.0 Å². The molecule has 5 rings (SSSR count). The first-order valence-corrected chi connectivity index (χ1v) is 11.3. The maximum atomic E-state index is 12.7. The molecule has 186 valence electrons.